The van der Waals surface area contributed by atoms with Gasteiger partial charge in [-0.15, -0.1) is 0 Å². The fraction of sp³-hybridized carbons (Fsp3) is 0.174. The molecule has 0 saturated carbocycles. The molecule has 0 unspecified atom stereocenters. The normalized spacial score (nSPS) is 10.9. The molecule has 1 amide bonds. The number of nitrogens with one attached hydrogen (secondary N) is 2. The van der Waals surface area contributed by atoms with Crippen molar-refractivity contribution in [3.8, 4) is 11.3 Å². The van der Waals surface area contributed by atoms with E-state index in [1.165, 1.54) is 0 Å². The van der Waals surface area contributed by atoms with Crippen molar-refractivity contribution in [2.45, 2.75) is 13.5 Å². The summed E-state index contributed by atoms with van der Waals surface area (Å²) in [7, 11) is 1.80. The summed E-state index contributed by atoms with van der Waals surface area (Å²) in [5, 5.41) is 8.13. The fourth-order valence-electron chi connectivity index (χ4n) is 3.33. The van der Waals surface area contributed by atoms with Crippen LogP contribution in [0.15, 0.2) is 60.7 Å². The number of aromatic amines is 1. The van der Waals surface area contributed by atoms with E-state index in [9.17, 15) is 9.59 Å². The maximum absolute atomic E-state index is 12.5. The van der Waals surface area contributed by atoms with Crippen LogP contribution < -0.4 is 5.32 Å². The van der Waals surface area contributed by atoms with E-state index in [-0.39, 0.29) is 11.9 Å². The van der Waals surface area contributed by atoms with Crippen LogP contribution in [0.5, 0.6) is 0 Å². The number of hydrogen-bond acceptors (Lipinski definition) is 4. The molecule has 0 bridgehead atoms. The van der Waals surface area contributed by atoms with Crippen molar-refractivity contribution in [1.82, 2.24) is 20.1 Å². The Hall–Kier alpha value is -3.87. The summed E-state index contributed by atoms with van der Waals surface area (Å²) in [6.45, 7) is 2.54. The average molecular weight is 402 g/mol. The van der Waals surface area contributed by atoms with Gasteiger partial charge in [-0.3, -0.25) is 9.48 Å². The van der Waals surface area contributed by atoms with Gasteiger partial charge in [0.25, 0.3) is 5.91 Å². The first-order valence-electron chi connectivity index (χ1n) is 9.71. The van der Waals surface area contributed by atoms with Crippen molar-refractivity contribution in [2.75, 3.05) is 6.61 Å². The number of fused-ring (bicyclic) bond motifs is 1. The van der Waals surface area contributed by atoms with Crippen molar-refractivity contribution >= 4 is 22.8 Å². The predicted octanol–water partition coefficient (Wildman–Crippen LogP) is 3.68. The zero-order valence-electron chi connectivity index (χ0n) is 16.8. The van der Waals surface area contributed by atoms with Gasteiger partial charge in [0.1, 0.15) is 5.69 Å². The van der Waals surface area contributed by atoms with E-state index in [1.807, 2.05) is 48.5 Å². The number of nitrogens with zero attached hydrogens (tertiary/aromatic N) is 2. The first-order valence-corrected chi connectivity index (χ1v) is 9.71. The molecule has 4 aromatic rings. The molecule has 2 heterocycles. The summed E-state index contributed by atoms with van der Waals surface area (Å²) in [6, 6.07) is 19.0. The molecule has 0 fully saturated rings. The lowest BCUT2D eigenvalue weighted by molar-refractivity contribution is 0.0520. The molecule has 7 nitrogen and oxygen atoms in total. The number of ether oxygens (including phenoxy) is 1. The zero-order valence-corrected chi connectivity index (χ0v) is 16.8. The number of carbonyl (C=O) groups excluding carboxylic acids is 2. The molecule has 2 N–H and O–H groups in total. The van der Waals surface area contributed by atoms with Crippen LogP contribution in [0, 0.1) is 0 Å². The molecule has 4 rings (SSSR count). The van der Waals surface area contributed by atoms with E-state index in [1.54, 1.807) is 30.8 Å². The smallest absolute Gasteiger partial charge is 0.354 e. The van der Waals surface area contributed by atoms with Crippen molar-refractivity contribution in [3.63, 3.8) is 0 Å². The summed E-state index contributed by atoms with van der Waals surface area (Å²) in [5.41, 5.74) is 4.33. The molecule has 0 saturated heterocycles. The second-order valence-electron chi connectivity index (χ2n) is 6.91. The maximum Gasteiger partial charge on any atom is 0.354 e. The maximum atomic E-state index is 12.5. The quantitative estimate of drug-likeness (QED) is 0.482. The third kappa shape index (κ3) is 3.96. The highest BCUT2D eigenvalue weighted by Gasteiger charge is 2.15. The Morgan fingerprint density at radius 3 is 2.67 bits per heavy atom. The fourth-order valence-corrected chi connectivity index (χ4v) is 3.33. The molecule has 7 heteroatoms. The van der Waals surface area contributed by atoms with Gasteiger partial charge in [-0.25, -0.2) is 4.79 Å². The van der Waals surface area contributed by atoms with Gasteiger partial charge < -0.3 is 15.0 Å². The van der Waals surface area contributed by atoms with Gasteiger partial charge in [0.15, 0.2) is 5.69 Å². The summed E-state index contributed by atoms with van der Waals surface area (Å²) < 4.78 is 6.73. The summed E-state index contributed by atoms with van der Waals surface area (Å²) in [6.07, 6.45) is 0. The van der Waals surface area contributed by atoms with E-state index in [0.29, 0.717) is 24.5 Å². The van der Waals surface area contributed by atoms with Gasteiger partial charge in [-0.2, -0.15) is 5.10 Å². The first kappa shape index (κ1) is 19.4. The molecule has 2 aromatic carbocycles. The molecule has 152 valence electrons. The molecule has 0 aliphatic rings. The highest BCUT2D eigenvalue weighted by Crippen LogP contribution is 2.25. The molecule has 0 aliphatic heterocycles. The number of rotatable bonds is 6. The van der Waals surface area contributed by atoms with Gasteiger partial charge in [0.05, 0.1) is 12.3 Å². The first-order chi connectivity index (χ1) is 14.5. The minimum atomic E-state index is -0.381. The Kier molecular flexibility index (Phi) is 5.34. The molecular weight excluding hydrogens is 380 g/mol. The van der Waals surface area contributed by atoms with Crippen molar-refractivity contribution < 1.29 is 14.3 Å². The van der Waals surface area contributed by atoms with Crippen LogP contribution in [0.3, 0.4) is 0 Å². The molecule has 30 heavy (non-hydrogen) atoms. The number of H-pyrrole nitrogens is 1. The predicted molar refractivity (Wildman–Crippen MR) is 114 cm³/mol. The largest absolute Gasteiger partial charge is 0.461 e. The third-order valence-corrected chi connectivity index (χ3v) is 4.82. The third-order valence-electron chi connectivity index (χ3n) is 4.82. The number of carbonyl (C=O) groups is 2. The monoisotopic (exact) mass is 402 g/mol. The van der Waals surface area contributed by atoms with Crippen LogP contribution in [0.1, 0.15) is 33.5 Å². The van der Waals surface area contributed by atoms with Gasteiger partial charge in [-0.05, 0) is 36.8 Å². The SMILES string of the molecule is CCOC(=O)c1cc2cc(-c3cc(C(=O)NCc4ccccc4)nn3C)ccc2[nH]1. The Balaban J connectivity index is 1.55. The molecule has 0 atom stereocenters. The lowest BCUT2D eigenvalue weighted by atomic mass is 10.1. The Morgan fingerprint density at radius 1 is 1.10 bits per heavy atom. The minimum absolute atomic E-state index is 0.229. The highest BCUT2D eigenvalue weighted by atomic mass is 16.5. The summed E-state index contributed by atoms with van der Waals surface area (Å²) in [4.78, 5) is 27.5. The molecule has 0 radical (unpaired) electrons. The number of hydrogen-bond donors (Lipinski definition) is 2. The topological polar surface area (TPSA) is 89.0 Å². The number of benzene rings is 2. The van der Waals surface area contributed by atoms with Gasteiger partial charge >= 0.3 is 5.97 Å². The lowest BCUT2D eigenvalue weighted by Gasteiger charge is -2.02. The van der Waals surface area contributed by atoms with Crippen LogP contribution in [0.4, 0.5) is 0 Å². The van der Waals surface area contributed by atoms with E-state index >= 15 is 0 Å². The summed E-state index contributed by atoms with van der Waals surface area (Å²) >= 11 is 0. The standard InChI is InChI=1S/C23H22N4O3/c1-3-30-23(29)20-12-17-11-16(9-10-18(17)25-20)21-13-19(26-27(21)2)22(28)24-14-15-7-5-4-6-8-15/h4-13,25H,3,14H2,1-2H3,(H,24,28). The Morgan fingerprint density at radius 2 is 1.90 bits per heavy atom. The van der Waals surface area contributed by atoms with Crippen LogP contribution >= 0.6 is 0 Å². The van der Waals surface area contributed by atoms with Crippen LogP contribution in [-0.2, 0) is 18.3 Å². The number of aryl methyl sites for hydroxylation is 1. The van der Waals surface area contributed by atoms with Gasteiger partial charge in [-0.1, -0.05) is 36.4 Å². The molecular formula is C23H22N4O3. The van der Waals surface area contributed by atoms with Crippen LogP contribution in [0.25, 0.3) is 22.2 Å². The minimum Gasteiger partial charge on any atom is -0.461 e. The van der Waals surface area contributed by atoms with E-state index in [0.717, 1.165) is 27.7 Å². The molecule has 2 aromatic heterocycles. The zero-order chi connectivity index (χ0) is 21.1. The second-order valence-corrected chi connectivity index (χ2v) is 6.91. The van der Waals surface area contributed by atoms with Crippen LogP contribution in [0.2, 0.25) is 0 Å². The average Bonchev–Trinajstić information content (AvgIpc) is 3.36. The number of amides is 1. The van der Waals surface area contributed by atoms with Crippen molar-refractivity contribution in [1.29, 1.82) is 0 Å². The van der Waals surface area contributed by atoms with E-state index in [4.69, 9.17) is 4.74 Å². The lowest BCUT2D eigenvalue weighted by Crippen LogP contribution is -2.23. The Bertz CT molecular complexity index is 1210. The van der Waals surface area contributed by atoms with Crippen molar-refractivity contribution in [3.05, 3.63) is 77.6 Å². The number of aromatic nitrogens is 3. The van der Waals surface area contributed by atoms with Gasteiger partial charge in [0, 0.05) is 30.1 Å². The number of esters is 1. The van der Waals surface area contributed by atoms with Crippen molar-refractivity contribution in [2.24, 2.45) is 7.05 Å². The second kappa shape index (κ2) is 8.24. The molecule has 0 aliphatic carbocycles. The molecule has 0 spiro atoms. The highest BCUT2D eigenvalue weighted by molar-refractivity contribution is 5.97. The van der Waals surface area contributed by atoms with E-state index < -0.39 is 0 Å². The van der Waals surface area contributed by atoms with Crippen LogP contribution in [-0.4, -0.2) is 33.2 Å². The van der Waals surface area contributed by atoms with Gasteiger partial charge in [0.2, 0.25) is 0 Å². The Labute approximate surface area is 173 Å². The summed E-state index contributed by atoms with van der Waals surface area (Å²) in [5.74, 6) is -0.610. The van der Waals surface area contributed by atoms with E-state index in [2.05, 4.69) is 15.4 Å².